The summed E-state index contributed by atoms with van der Waals surface area (Å²) in [6, 6.07) is 9.41. The van der Waals surface area contributed by atoms with Crippen molar-refractivity contribution in [2.24, 2.45) is 5.73 Å². The quantitative estimate of drug-likeness (QED) is 0.324. The Kier molecular flexibility index (Phi) is 5.94. The number of aliphatic carboxylic acids is 1. The number of fused-ring (bicyclic) bond motifs is 1. The Morgan fingerprint density at radius 2 is 2.03 bits per heavy atom. The molecule has 2 amide bonds. The minimum atomic E-state index is -1.67. The molecule has 0 saturated carbocycles. The number of carboxylic acids is 1. The molecule has 0 aromatic heterocycles. The normalized spacial score (nSPS) is 23.2. The molecule has 1 saturated heterocycles. The van der Waals surface area contributed by atoms with Gasteiger partial charge in [-0.05, 0) is 12.0 Å². The number of amides is 2. The van der Waals surface area contributed by atoms with Gasteiger partial charge < -0.3 is 15.2 Å². The van der Waals surface area contributed by atoms with Gasteiger partial charge in [-0.1, -0.05) is 30.3 Å². The van der Waals surface area contributed by atoms with Gasteiger partial charge in [0.25, 0.3) is 5.91 Å². The number of thioether (sulfide) groups is 1. The number of carbonyl (C=O) groups excluding carboxylic acids is 3. The van der Waals surface area contributed by atoms with Crippen LogP contribution >= 0.6 is 11.8 Å². The molecular formula is C19H21N3O6S. The number of aryl methyl sites for hydroxylation is 1. The van der Waals surface area contributed by atoms with Gasteiger partial charge in [0.1, 0.15) is 17.7 Å². The Labute approximate surface area is 171 Å². The van der Waals surface area contributed by atoms with E-state index in [-0.39, 0.29) is 24.5 Å². The van der Waals surface area contributed by atoms with E-state index in [1.807, 2.05) is 30.3 Å². The van der Waals surface area contributed by atoms with Gasteiger partial charge in [-0.15, -0.1) is 11.8 Å². The van der Waals surface area contributed by atoms with Crippen molar-refractivity contribution in [2.45, 2.75) is 30.8 Å². The minimum Gasteiger partial charge on any atom is -0.477 e. The van der Waals surface area contributed by atoms with Crippen molar-refractivity contribution < 1.29 is 29.0 Å². The van der Waals surface area contributed by atoms with Crippen molar-refractivity contribution >= 4 is 35.5 Å². The molecule has 4 N–H and O–H groups in total. The molecule has 2 aliphatic rings. The van der Waals surface area contributed by atoms with Gasteiger partial charge in [0.05, 0.1) is 0 Å². The molecule has 9 nitrogen and oxygen atoms in total. The Morgan fingerprint density at radius 3 is 2.66 bits per heavy atom. The van der Waals surface area contributed by atoms with Crippen LogP contribution in [0.3, 0.4) is 0 Å². The Bertz CT molecular complexity index is 887. The second kappa shape index (κ2) is 8.26. The summed E-state index contributed by atoms with van der Waals surface area (Å²) in [6.07, 6.45) is 0.637. The molecule has 29 heavy (non-hydrogen) atoms. The summed E-state index contributed by atoms with van der Waals surface area (Å²) in [5.41, 5.74) is 5.52. The summed E-state index contributed by atoms with van der Waals surface area (Å²) in [4.78, 5) is 48.8. The summed E-state index contributed by atoms with van der Waals surface area (Å²) in [5.74, 6) is -2.76. The lowest BCUT2D eigenvalue weighted by molar-refractivity contribution is -0.159. The number of β-lactam (4-membered cyclic amide) rings is 1. The standard InChI is InChI=1S/C19H21N3O6S/c1-11(23)28-9-13-10-29-18-19(20,17(27)22(18)15(13)16(25)26)21-14(24)8-7-12-5-3-2-4-6-12/h2-6,18H,7-10,20H2,1H3,(H,21,24)(H,25,26)/t18-,19?/m1/s1. The topological polar surface area (TPSA) is 139 Å². The Balaban J connectivity index is 1.69. The summed E-state index contributed by atoms with van der Waals surface area (Å²) in [5, 5.41) is 11.4. The van der Waals surface area contributed by atoms with E-state index in [9.17, 15) is 24.3 Å². The number of nitrogens with one attached hydrogen (secondary N) is 1. The number of benzene rings is 1. The highest BCUT2D eigenvalue weighted by Gasteiger charge is 2.63. The molecule has 154 valence electrons. The zero-order valence-electron chi connectivity index (χ0n) is 15.7. The number of carbonyl (C=O) groups is 4. The van der Waals surface area contributed by atoms with E-state index >= 15 is 0 Å². The van der Waals surface area contributed by atoms with Crippen molar-refractivity contribution in [2.75, 3.05) is 12.4 Å². The molecule has 0 radical (unpaired) electrons. The zero-order valence-corrected chi connectivity index (χ0v) is 16.5. The number of hydrogen-bond donors (Lipinski definition) is 3. The number of nitrogens with two attached hydrogens (primary N) is 1. The van der Waals surface area contributed by atoms with Gasteiger partial charge in [0.15, 0.2) is 0 Å². The smallest absolute Gasteiger partial charge is 0.352 e. The maximum Gasteiger partial charge on any atom is 0.352 e. The largest absolute Gasteiger partial charge is 0.477 e. The average molecular weight is 419 g/mol. The van der Waals surface area contributed by atoms with Crippen LogP contribution in [-0.4, -0.2) is 57.2 Å². The van der Waals surface area contributed by atoms with E-state index in [1.54, 1.807) is 0 Å². The first-order valence-electron chi connectivity index (χ1n) is 8.91. The first-order valence-corrected chi connectivity index (χ1v) is 9.96. The van der Waals surface area contributed by atoms with Crippen LogP contribution in [0.25, 0.3) is 0 Å². The van der Waals surface area contributed by atoms with Crippen LogP contribution in [-0.2, 0) is 30.3 Å². The number of carboxylic acid groups (broad SMARTS) is 1. The first kappa shape index (κ1) is 20.9. The van der Waals surface area contributed by atoms with Crippen LogP contribution < -0.4 is 11.1 Å². The number of nitrogens with zero attached hydrogens (tertiary/aromatic N) is 1. The fourth-order valence-corrected chi connectivity index (χ4v) is 4.61. The van der Waals surface area contributed by atoms with Crippen molar-refractivity contribution in [1.82, 2.24) is 10.2 Å². The summed E-state index contributed by atoms with van der Waals surface area (Å²) < 4.78 is 4.88. The van der Waals surface area contributed by atoms with Gasteiger partial charge in [-0.25, -0.2) is 4.79 Å². The second-order valence-electron chi connectivity index (χ2n) is 6.78. The lowest BCUT2D eigenvalue weighted by Crippen LogP contribution is -2.84. The molecule has 2 aliphatic heterocycles. The predicted molar refractivity (Wildman–Crippen MR) is 104 cm³/mol. The van der Waals surface area contributed by atoms with Crippen LogP contribution in [0.1, 0.15) is 18.9 Å². The third-order valence-electron chi connectivity index (χ3n) is 4.67. The van der Waals surface area contributed by atoms with Crippen molar-refractivity contribution in [1.29, 1.82) is 0 Å². The van der Waals surface area contributed by atoms with E-state index in [0.717, 1.165) is 10.5 Å². The van der Waals surface area contributed by atoms with E-state index in [4.69, 9.17) is 10.5 Å². The molecule has 1 unspecified atom stereocenters. The zero-order chi connectivity index (χ0) is 21.2. The number of ether oxygens (including phenoxy) is 1. The average Bonchev–Trinajstić information content (AvgIpc) is 2.70. The first-order chi connectivity index (χ1) is 13.7. The highest BCUT2D eigenvalue weighted by molar-refractivity contribution is 8.00. The summed E-state index contributed by atoms with van der Waals surface area (Å²) in [7, 11) is 0. The fraction of sp³-hybridized carbons (Fsp3) is 0.368. The van der Waals surface area contributed by atoms with Crippen LogP contribution in [0.15, 0.2) is 41.6 Å². The Hall–Kier alpha value is -2.85. The van der Waals surface area contributed by atoms with E-state index in [0.29, 0.717) is 12.0 Å². The molecule has 1 aromatic carbocycles. The molecule has 0 spiro atoms. The molecule has 1 fully saturated rings. The van der Waals surface area contributed by atoms with Crippen LogP contribution in [0.4, 0.5) is 0 Å². The molecule has 2 atom stereocenters. The van der Waals surface area contributed by atoms with Gasteiger partial charge >= 0.3 is 11.9 Å². The maximum absolute atomic E-state index is 12.7. The van der Waals surface area contributed by atoms with E-state index in [1.165, 1.54) is 18.7 Å². The van der Waals surface area contributed by atoms with Crippen LogP contribution in [0.2, 0.25) is 0 Å². The molecule has 1 aromatic rings. The highest BCUT2D eigenvalue weighted by Crippen LogP contribution is 2.43. The lowest BCUT2D eigenvalue weighted by atomic mass is 9.95. The highest BCUT2D eigenvalue weighted by atomic mass is 32.2. The van der Waals surface area contributed by atoms with Crippen LogP contribution in [0, 0.1) is 0 Å². The monoisotopic (exact) mass is 419 g/mol. The third-order valence-corrected chi connectivity index (χ3v) is 6.08. The van der Waals surface area contributed by atoms with Crippen molar-refractivity contribution in [3.63, 3.8) is 0 Å². The van der Waals surface area contributed by atoms with Gasteiger partial charge in [-0.3, -0.25) is 25.0 Å². The molecule has 2 heterocycles. The lowest BCUT2D eigenvalue weighted by Gasteiger charge is -2.55. The predicted octanol–water partition coefficient (Wildman–Crippen LogP) is 0.207. The summed E-state index contributed by atoms with van der Waals surface area (Å²) in [6.45, 7) is 0.992. The summed E-state index contributed by atoms with van der Waals surface area (Å²) >= 11 is 1.21. The fourth-order valence-electron chi connectivity index (χ4n) is 3.26. The minimum absolute atomic E-state index is 0.146. The molecular weight excluding hydrogens is 398 g/mol. The van der Waals surface area contributed by atoms with Crippen molar-refractivity contribution in [3.05, 3.63) is 47.2 Å². The number of esters is 1. The molecule has 10 heteroatoms. The number of hydrogen-bond acceptors (Lipinski definition) is 7. The third kappa shape index (κ3) is 4.13. The van der Waals surface area contributed by atoms with E-state index in [2.05, 4.69) is 5.32 Å². The SMILES string of the molecule is CC(=O)OCC1=C(C(=O)O)N2C(=O)C(N)(NC(=O)CCc3ccccc3)[C@H]2SC1. The maximum atomic E-state index is 12.7. The van der Waals surface area contributed by atoms with Crippen LogP contribution in [0.5, 0.6) is 0 Å². The van der Waals surface area contributed by atoms with E-state index < -0.39 is 34.8 Å². The number of rotatable bonds is 7. The molecule has 3 rings (SSSR count). The molecule has 0 aliphatic carbocycles. The Morgan fingerprint density at radius 1 is 1.34 bits per heavy atom. The van der Waals surface area contributed by atoms with Crippen molar-refractivity contribution in [3.8, 4) is 0 Å². The van der Waals surface area contributed by atoms with Gasteiger partial charge in [0.2, 0.25) is 11.6 Å². The van der Waals surface area contributed by atoms with Gasteiger partial charge in [0, 0.05) is 24.7 Å². The second-order valence-corrected chi connectivity index (χ2v) is 7.85. The van der Waals surface area contributed by atoms with Gasteiger partial charge in [-0.2, -0.15) is 0 Å². The molecule has 0 bridgehead atoms.